The molecule has 0 radical (unpaired) electrons. The van der Waals surface area contributed by atoms with Crippen LogP contribution in [0.2, 0.25) is 0 Å². The third kappa shape index (κ3) is 5.95. The van der Waals surface area contributed by atoms with Gasteiger partial charge < -0.3 is 24.0 Å². The van der Waals surface area contributed by atoms with Gasteiger partial charge >= 0.3 is 6.09 Å². The molecule has 230 valence electrons. The molecule has 4 aliphatic heterocycles. The van der Waals surface area contributed by atoms with E-state index < -0.39 is 33.3 Å². The van der Waals surface area contributed by atoms with Gasteiger partial charge in [0, 0.05) is 38.7 Å². The highest BCUT2D eigenvalue weighted by Gasteiger charge is 2.50. The molecule has 1 unspecified atom stereocenters. The molecule has 0 aromatic heterocycles. The molecular weight excluding hydrogens is 577 g/mol. The van der Waals surface area contributed by atoms with Gasteiger partial charge in [-0.25, -0.2) is 17.6 Å². The van der Waals surface area contributed by atoms with E-state index >= 15 is 4.39 Å². The van der Waals surface area contributed by atoms with Crippen molar-refractivity contribution in [3.8, 4) is 11.5 Å². The van der Waals surface area contributed by atoms with Gasteiger partial charge in [-0.1, -0.05) is 30.3 Å². The summed E-state index contributed by atoms with van der Waals surface area (Å²) in [7, 11) is -3.79. The lowest BCUT2D eigenvalue weighted by molar-refractivity contribution is -0.134. The highest BCUT2D eigenvalue weighted by atomic mass is 32.2. The summed E-state index contributed by atoms with van der Waals surface area (Å²) in [5, 5.41) is 0. The molecule has 2 aromatic carbocycles. The van der Waals surface area contributed by atoms with E-state index in [1.54, 1.807) is 31.7 Å². The Balaban J connectivity index is 1.11. The minimum absolute atomic E-state index is 0.0685. The van der Waals surface area contributed by atoms with Gasteiger partial charge in [-0.2, -0.15) is 4.31 Å². The van der Waals surface area contributed by atoms with E-state index in [9.17, 15) is 18.0 Å². The number of benzene rings is 2. The Bertz CT molecular complexity index is 1550. The Morgan fingerprint density at radius 1 is 0.930 bits per heavy atom. The Hall–Kier alpha value is -3.64. The van der Waals surface area contributed by atoms with Gasteiger partial charge in [0.2, 0.25) is 15.9 Å². The van der Waals surface area contributed by atoms with Crippen LogP contribution >= 0.6 is 0 Å². The van der Waals surface area contributed by atoms with Crippen molar-refractivity contribution in [1.82, 2.24) is 14.1 Å². The Morgan fingerprint density at radius 2 is 1.56 bits per heavy atom. The number of alkyl halides is 1. The smallest absolute Gasteiger partial charge is 0.410 e. The molecule has 2 aromatic rings. The molecule has 6 rings (SSSR count). The number of hydrogen-bond acceptors (Lipinski definition) is 7. The summed E-state index contributed by atoms with van der Waals surface area (Å²) in [4.78, 5) is 29.4. The van der Waals surface area contributed by atoms with Gasteiger partial charge in [0.25, 0.3) is 0 Å². The van der Waals surface area contributed by atoms with Crippen molar-refractivity contribution in [2.75, 3.05) is 52.5 Å². The van der Waals surface area contributed by atoms with E-state index in [0.717, 1.165) is 11.1 Å². The molecule has 2 amide bonds. The number of sulfonamides is 1. The summed E-state index contributed by atoms with van der Waals surface area (Å²) in [6, 6.07) is 13.7. The summed E-state index contributed by atoms with van der Waals surface area (Å²) >= 11 is 0. The number of ether oxygens (including phenoxy) is 3. The number of carbonyl (C=O) groups is 2. The maximum Gasteiger partial charge on any atom is 0.410 e. The molecule has 12 heteroatoms. The molecule has 43 heavy (non-hydrogen) atoms. The number of likely N-dealkylation sites (tertiary alicyclic amines) is 1. The summed E-state index contributed by atoms with van der Waals surface area (Å²) in [6.45, 7) is 6.70. The van der Waals surface area contributed by atoms with Crippen LogP contribution in [0.15, 0.2) is 64.6 Å². The van der Waals surface area contributed by atoms with Gasteiger partial charge in [-0.15, -0.1) is 0 Å². The summed E-state index contributed by atoms with van der Waals surface area (Å²) in [6.07, 6.45) is -0.639. The number of amides is 2. The number of halogens is 1. The lowest BCUT2D eigenvalue weighted by atomic mass is 9.82. The molecule has 0 saturated carbocycles. The second-order valence-electron chi connectivity index (χ2n) is 12.6. The molecule has 10 nitrogen and oxygen atoms in total. The molecule has 1 fully saturated rings. The lowest BCUT2D eigenvalue weighted by Gasteiger charge is -2.46. The van der Waals surface area contributed by atoms with Gasteiger partial charge in [-0.3, -0.25) is 4.79 Å². The lowest BCUT2D eigenvalue weighted by Crippen LogP contribution is -2.62. The van der Waals surface area contributed by atoms with E-state index in [-0.39, 0.29) is 56.5 Å². The van der Waals surface area contributed by atoms with E-state index in [4.69, 9.17) is 14.2 Å². The summed E-state index contributed by atoms with van der Waals surface area (Å²) in [5.41, 5.74) is 0.0650. The first-order valence-electron chi connectivity index (χ1n) is 14.4. The number of fused-ring (bicyclic) bond motifs is 1. The molecule has 1 atom stereocenters. The van der Waals surface area contributed by atoms with Crippen LogP contribution in [0.4, 0.5) is 9.18 Å². The Labute approximate surface area is 251 Å². The first kappa shape index (κ1) is 29.4. The number of nitrogens with zero attached hydrogens (tertiary/aromatic N) is 3. The van der Waals surface area contributed by atoms with Crippen molar-refractivity contribution in [1.29, 1.82) is 0 Å². The van der Waals surface area contributed by atoms with Crippen LogP contribution in [0.3, 0.4) is 0 Å². The van der Waals surface area contributed by atoms with Crippen LogP contribution in [-0.2, 0) is 19.6 Å². The molecule has 4 heterocycles. The predicted molar refractivity (Wildman–Crippen MR) is 155 cm³/mol. The standard InChI is InChI=1S/C31H36FN3O7S/c1-30(2,3)42-29(37)34-19-31(32,20-34)14-25(21-7-5-4-6-8-21)28(36)33-15-22-17-35(18-23(22)16-33)43(38,39)24-9-10-26-27(13-24)41-12-11-40-26/h4-10,13,25H,11-12,14-20H2,1-3H3. The second kappa shape index (κ2) is 10.8. The first-order valence-corrected chi connectivity index (χ1v) is 15.9. The van der Waals surface area contributed by atoms with E-state index in [1.165, 1.54) is 21.3 Å². The first-order chi connectivity index (χ1) is 20.3. The fourth-order valence-electron chi connectivity index (χ4n) is 6.05. The van der Waals surface area contributed by atoms with E-state index in [1.807, 2.05) is 30.3 Å². The number of carbonyl (C=O) groups excluding carboxylic acids is 2. The monoisotopic (exact) mass is 613 g/mol. The number of hydrogen-bond donors (Lipinski definition) is 0. The average molecular weight is 614 g/mol. The third-order valence-corrected chi connectivity index (χ3v) is 9.92. The van der Waals surface area contributed by atoms with E-state index in [2.05, 4.69) is 0 Å². The molecule has 4 aliphatic rings. The molecule has 0 aliphatic carbocycles. The topological polar surface area (TPSA) is 106 Å². The largest absolute Gasteiger partial charge is 0.486 e. The maximum atomic E-state index is 15.9. The minimum Gasteiger partial charge on any atom is -0.486 e. The normalized spacial score (nSPS) is 20.5. The molecule has 1 saturated heterocycles. The Kier molecular flexibility index (Phi) is 7.40. The fourth-order valence-corrected chi connectivity index (χ4v) is 7.49. The number of rotatable bonds is 6. The average Bonchev–Trinajstić information content (AvgIpc) is 3.54. The predicted octanol–water partition coefficient (Wildman–Crippen LogP) is 3.73. The summed E-state index contributed by atoms with van der Waals surface area (Å²) < 4.78 is 60.6. The SMILES string of the molecule is CC(C)(C)OC(=O)N1CC(F)(CC(C(=O)N2CC3=C(C2)CN(S(=O)(=O)c2ccc4c(c2)OCCO4)C3)c2ccccc2)C1. The highest BCUT2D eigenvalue weighted by Crippen LogP contribution is 2.40. The van der Waals surface area contributed by atoms with Gasteiger partial charge in [-0.05, 0) is 49.6 Å². The van der Waals surface area contributed by atoms with Crippen LogP contribution in [0.5, 0.6) is 11.5 Å². The second-order valence-corrected chi connectivity index (χ2v) is 14.6. The van der Waals surface area contributed by atoms with Gasteiger partial charge in [0.05, 0.1) is 23.9 Å². The van der Waals surface area contributed by atoms with Gasteiger partial charge in [0.1, 0.15) is 24.5 Å². The van der Waals surface area contributed by atoms with Crippen molar-refractivity contribution < 1.29 is 36.6 Å². The van der Waals surface area contributed by atoms with Gasteiger partial charge in [0.15, 0.2) is 11.5 Å². The highest BCUT2D eigenvalue weighted by molar-refractivity contribution is 7.89. The molecule has 0 bridgehead atoms. The molecular formula is C31H36FN3O7S. The van der Waals surface area contributed by atoms with Crippen molar-refractivity contribution >= 4 is 22.0 Å². The van der Waals surface area contributed by atoms with E-state index in [0.29, 0.717) is 30.3 Å². The fraction of sp³-hybridized carbons (Fsp3) is 0.484. The Morgan fingerprint density at radius 3 is 2.19 bits per heavy atom. The van der Waals surface area contributed by atoms with Crippen LogP contribution in [0.25, 0.3) is 0 Å². The van der Waals surface area contributed by atoms with Crippen LogP contribution in [0, 0.1) is 0 Å². The quantitative estimate of drug-likeness (QED) is 0.457. The zero-order chi connectivity index (χ0) is 30.6. The zero-order valence-electron chi connectivity index (χ0n) is 24.5. The minimum atomic E-state index is -3.79. The maximum absolute atomic E-state index is 15.9. The van der Waals surface area contributed by atoms with Crippen molar-refractivity contribution in [3.05, 3.63) is 65.2 Å². The van der Waals surface area contributed by atoms with Crippen molar-refractivity contribution in [2.45, 2.75) is 49.3 Å². The zero-order valence-corrected chi connectivity index (χ0v) is 25.4. The summed E-state index contributed by atoms with van der Waals surface area (Å²) in [5.74, 6) is -0.0370. The van der Waals surface area contributed by atoms with Crippen molar-refractivity contribution in [3.63, 3.8) is 0 Å². The van der Waals surface area contributed by atoms with Crippen molar-refractivity contribution in [2.24, 2.45) is 0 Å². The van der Waals surface area contributed by atoms with Crippen LogP contribution in [0.1, 0.15) is 38.7 Å². The molecule has 0 N–H and O–H groups in total. The van der Waals surface area contributed by atoms with Crippen LogP contribution < -0.4 is 9.47 Å². The molecule has 0 spiro atoms. The van der Waals surface area contributed by atoms with Crippen LogP contribution in [-0.4, -0.2) is 98.3 Å². The third-order valence-electron chi connectivity index (χ3n) is 8.13.